The van der Waals surface area contributed by atoms with E-state index in [2.05, 4.69) is 45.5 Å². The van der Waals surface area contributed by atoms with Crippen molar-refractivity contribution >= 4 is 15.9 Å². The summed E-state index contributed by atoms with van der Waals surface area (Å²) in [5.74, 6) is 0. The van der Waals surface area contributed by atoms with Crippen LogP contribution in [-0.4, -0.2) is 6.54 Å². The Hall–Kier alpha value is -0.340. The molecule has 1 nitrogen and oxygen atoms in total. The van der Waals surface area contributed by atoms with Gasteiger partial charge in [-0.15, -0.1) is 0 Å². The first-order valence-corrected chi connectivity index (χ1v) is 5.15. The molecule has 2 rings (SSSR count). The van der Waals surface area contributed by atoms with E-state index in [0.29, 0.717) is 6.04 Å². The van der Waals surface area contributed by atoms with Gasteiger partial charge < -0.3 is 5.32 Å². The van der Waals surface area contributed by atoms with Crippen LogP contribution >= 0.6 is 15.9 Å². The summed E-state index contributed by atoms with van der Waals surface area (Å²) in [6.07, 6.45) is 2.56. The third-order valence-electron chi connectivity index (χ3n) is 2.34. The molecule has 0 unspecified atom stereocenters. The van der Waals surface area contributed by atoms with Gasteiger partial charge in [-0.2, -0.15) is 0 Å². The number of halogens is 1. The van der Waals surface area contributed by atoms with E-state index < -0.39 is 0 Å². The van der Waals surface area contributed by atoms with Crippen LogP contribution in [0.3, 0.4) is 0 Å². The highest BCUT2D eigenvalue weighted by Crippen LogP contribution is 2.28. The zero-order chi connectivity index (χ0) is 8.39. The Morgan fingerprint density at radius 3 is 2.83 bits per heavy atom. The first-order valence-electron chi connectivity index (χ1n) is 4.36. The molecule has 0 saturated carbocycles. The predicted molar refractivity (Wildman–Crippen MR) is 54.1 cm³/mol. The molecule has 0 aromatic heterocycles. The van der Waals surface area contributed by atoms with Crippen molar-refractivity contribution in [2.45, 2.75) is 18.9 Å². The van der Waals surface area contributed by atoms with E-state index in [9.17, 15) is 0 Å². The van der Waals surface area contributed by atoms with E-state index in [1.54, 1.807) is 0 Å². The summed E-state index contributed by atoms with van der Waals surface area (Å²) in [6.45, 7) is 1.16. The summed E-state index contributed by atoms with van der Waals surface area (Å²) in [6, 6.07) is 9.02. The molecule has 1 aromatic rings. The third kappa shape index (κ3) is 1.54. The molecule has 1 aliphatic rings. The first-order chi connectivity index (χ1) is 5.88. The van der Waals surface area contributed by atoms with E-state index in [0.717, 1.165) is 6.54 Å². The van der Waals surface area contributed by atoms with Gasteiger partial charge in [-0.3, -0.25) is 0 Å². The Balaban J connectivity index is 2.26. The van der Waals surface area contributed by atoms with E-state index in [4.69, 9.17) is 0 Å². The molecule has 1 saturated heterocycles. The van der Waals surface area contributed by atoms with Crippen molar-refractivity contribution in [3.8, 4) is 0 Å². The monoisotopic (exact) mass is 225 g/mol. The molecule has 1 fully saturated rings. The van der Waals surface area contributed by atoms with Crippen LogP contribution in [0.4, 0.5) is 0 Å². The summed E-state index contributed by atoms with van der Waals surface area (Å²) in [7, 11) is 0. The maximum Gasteiger partial charge on any atom is 0.0331 e. The second kappa shape index (κ2) is 3.58. The lowest BCUT2D eigenvalue weighted by atomic mass is 10.1. The molecule has 0 amide bonds. The summed E-state index contributed by atoms with van der Waals surface area (Å²) in [5, 5.41) is 3.48. The Morgan fingerprint density at radius 1 is 1.33 bits per heavy atom. The average Bonchev–Trinajstić information content (AvgIpc) is 2.57. The summed E-state index contributed by atoms with van der Waals surface area (Å²) in [5.41, 5.74) is 1.40. The topological polar surface area (TPSA) is 12.0 Å². The van der Waals surface area contributed by atoms with Gasteiger partial charge in [0.1, 0.15) is 0 Å². The van der Waals surface area contributed by atoms with Crippen molar-refractivity contribution in [2.24, 2.45) is 0 Å². The Bertz CT molecular complexity index is 266. The normalized spacial score (nSPS) is 22.9. The fraction of sp³-hybridized carbons (Fsp3) is 0.400. The minimum absolute atomic E-state index is 0.570. The second-order valence-corrected chi connectivity index (χ2v) is 4.02. The molecule has 1 atom stereocenters. The summed E-state index contributed by atoms with van der Waals surface area (Å²) >= 11 is 3.57. The number of hydrogen-bond acceptors (Lipinski definition) is 1. The zero-order valence-electron chi connectivity index (χ0n) is 6.89. The van der Waals surface area contributed by atoms with Gasteiger partial charge in [0.25, 0.3) is 0 Å². The van der Waals surface area contributed by atoms with Crippen LogP contribution in [0.5, 0.6) is 0 Å². The molecular formula is C10H12BrN. The number of hydrogen-bond donors (Lipinski definition) is 1. The molecule has 12 heavy (non-hydrogen) atoms. The maximum atomic E-state index is 3.57. The lowest BCUT2D eigenvalue weighted by molar-refractivity contribution is 0.645. The summed E-state index contributed by atoms with van der Waals surface area (Å²) < 4.78 is 1.23. The van der Waals surface area contributed by atoms with E-state index in [1.807, 2.05) is 0 Å². The van der Waals surface area contributed by atoms with E-state index >= 15 is 0 Å². The van der Waals surface area contributed by atoms with Gasteiger partial charge >= 0.3 is 0 Å². The van der Waals surface area contributed by atoms with Gasteiger partial charge in [0, 0.05) is 10.5 Å². The van der Waals surface area contributed by atoms with Gasteiger partial charge in [-0.25, -0.2) is 0 Å². The first kappa shape index (κ1) is 8.27. The van der Waals surface area contributed by atoms with Crippen LogP contribution in [0, 0.1) is 0 Å². The molecular weight excluding hydrogens is 214 g/mol. The minimum atomic E-state index is 0.570. The maximum absolute atomic E-state index is 3.57. The highest BCUT2D eigenvalue weighted by atomic mass is 79.9. The molecule has 0 radical (unpaired) electrons. The Kier molecular flexibility index (Phi) is 2.47. The largest absolute Gasteiger partial charge is 0.310 e. The van der Waals surface area contributed by atoms with Crippen molar-refractivity contribution in [3.63, 3.8) is 0 Å². The standard InChI is InChI=1S/C10H12BrN/c11-9-5-2-1-4-8(9)10-6-3-7-12-10/h1-2,4-5,10,12H,3,6-7H2/t10-/m1/s1. The minimum Gasteiger partial charge on any atom is -0.310 e. The molecule has 1 N–H and O–H groups in total. The predicted octanol–water partition coefficient (Wildman–Crippen LogP) is 2.87. The van der Waals surface area contributed by atoms with Crippen LogP contribution in [0.1, 0.15) is 24.4 Å². The molecule has 1 aliphatic heterocycles. The van der Waals surface area contributed by atoms with Gasteiger partial charge in [-0.1, -0.05) is 34.1 Å². The van der Waals surface area contributed by atoms with Gasteiger partial charge in [0.2, 0.25) is 0 Å². The van der Waals surface area contributed by atoms with Crippen LogP contribution < -0.4 is 5.32 Å². The molecule has 0 bridgehead atoms. The fourth-order valence-corrected chi connectivity index (χ4v) is 2.27. The Morgan fingerprint density at radius 2 is 2.17 bits per heavy atom. The van der Waals surface area contributed by atoms with Crippen LogP contribution in [-0.2, 0) is 0 Å². The molecule has 1 aromatic carbocycles. The third-order valence-corrected chi connectivity index (χ3v) is 3.06. The average molecular weight is 226 g/mol. The van der Waals surface area contributed by atoms with Crippen molar-refractivity contribution in [1.29, 1.82) is 0 Å². The lowest BCUT2D eigenvalue weighted by Crippen LogP contribution is -2.13. The molecule has 64 valence electrons. The van der Waals surface area contributed by atoms with E-state index in [-0.39, 0.29) is 0 Å². The number of benzene rings is 1. The number of nitrogens with one attached hydrogen (secondary N) is 1. The van der Waals surface area contributed by atoms with Crippen LogP contribution in [0.25, 0.3) is 0 Å². The van der Waals surface area contributed by atoms with Gasteiger partial charge in [-0.05, 0) is 31.0 Å². The Labute approximate surface area is 81.3 Å². The molecule has 1 heterocycles. The van der Waals surface area contributed by atoms with Crippen molar-refractivity contribution in [2.75, 3.05) is 6.54 Å². The molecule has 0 spiro atoms. The van der Waals surface area contributed by atoms with Crippen molar-refractivity contribution in [3.05, 3.63) is 34.3 Å². The zero-order valence-corrected chi connectivity index (χ0v) is 8.47. The van der Waals surface area contributed by atoms with Crippen molar-refractivity contribution < 1.29 is 0 Å². The van der Waals surface area contributed by atoms with E-state index in [1.165, 1.54) is 22.9 Å². The molecule has 0 aliphatic carbocycles. The van der Waals surface area contributed by atoms with Gasteiger partial charge in [0.05, 0.1) is 0 Å². The highest BCUT2D eigenvalue weighted by molar-refractivity contribution is 9.10. The molecule has 2 heteroatoms. The van der Waals surface area contributed by atoms with Crippen LogP contribution in [0.15, 0.2) is 28.7 Å². The summed E-state index contributed by atoms with van der Waals surface area (Å²) in [4.78, 5) is 0. The van der Waals surface area contributed by atoms with Gasteiger partial charge in [0.15, 0.2) is 0 Å². The van der Waals surface area contributed by atoms with Crippen LogP contribution in [0.2, 0.25) is 0 Å². The smallest absolute Gasteiger partial charge is 0.0331 e. The fourth-order valence-electron chi connectivity index (χ4n) is 1.71. The highest BCUT2D eigenvalue weighted by Gasteiger charge is 2.17. The SMILES string of the molecule is Brc1ccccc1[C@H]1CCCN1. The lowest BCUT2D eigenvalue weighted by Gasteiger charge is -2.11. The number of rotatable bonds is 1. The quantitative estimate of drug-likeness (QED) is 0.776. The van der Waals surface area contributed by atoms with Crippen molar-refractivity contribution in [1.82, 2.24) is 5.32 Å². The second-order valence-electron chi connectivity index (χ2n) is 3.17.